The summed E-state index contributed by atoms with van der Waals surface area (Å²) in [4.78, 5) is 5.62. The lowest BCUT2D eigenvalue weighted by atomic mass is 10.1. The van der Waals surface area contributed by atoms with Crippen molar-refractivity contribution in [3.05, 3.63) is 29.1 Å². The van der Waals surface area contributed by atoms with E-state index in [1.54, 1.807) is 0 Å². The first-order valence-corrected chi connectivity index (χ1v) is 7.02. The monoisotopic (exact) mass is 250 g/mol. The van der Waals surface area contributed by atoms with Gasteiger partial charge in [-0.3, -0.25) is 0 Å². The predicted octanol–water partition coefficient (Wildman–Crippen LogP) is 3.81. The first kappa shape index (κ1) is 11.5. The van der Waals surface area contributed by atoms with Crippen molar-refractivity contribution in [2.24, 2.45) is 0 Å². The van der Waals surface area contributed by atoms with Gasteiger partial charge in [-0.15, -0.1) is 23.1 Å². The number of benzene rings is 1. The fourth-order valence-electron chi connectivity index (χ4n) is 1.54. The summed E-state index contributed by atoms with van der Waals surface area (Å²) in [6.45, 7) is 4.25. The van der Waals surface area contributed by atoms with Crippen LogP contribution in [0, 0.1) is 6.92 Å². The molecule has 0 unspecified atom stereocenters. The van der Waals surface area contributed by atoms with Crippen molar-refractivity contribution in [3.63, 3.8) is 0 Å². The maximum absolute atomic E-state index is 5.68. The number of nitrogens with two attached hydrogens (primary N) is 1. The van der Waals surface area contributed by atoms with Crippen LogP contribution in [-0.2, 0) is 0 Å². The topological polar surface area (TPSA) is 38.9 Å². The Hall–Kier alpha value is -1.00. The van der Waals surface area contributed by atoms with Gasteiger partial charge < -0.3 is 5.73 Å². The summed E-state index contributed by atoms with van der Waals surface area (Å²) in [7, 11) is 0. The SMILES string of the molecule is CCSc1ccc(C)cc1-c1csc(N)n1. The Labute approximate surface area is 104 Å². The number of nitrogen functional groups attached to an aromatic ring is 1. The van der Waals surface area contributed by atoms with Crippen LogP contribution in [0.2, 0.25) is 0 Å². The number of nitrogens with zero attached hydrogens (tertiary/aromatic N) is 1. The number of aromatic nitrogens is 1. The Bertz CT molecular complexity index is 492. The zero-order chi connectivity index (χ0) is 11.5. The molecule has 0 atom stereocenters. The van der Waals surface area contributed by atoms with E-state index in [0.717, 1.165) is 11.4 Å². The van der Waals surface area contributed by atoms with Gasteiger partial charge in [-0.05, 0) is 24.8 Å². The Kier molecular flexibility index (Phi) is 3.51. The zero-order valence-electron chi connectivity index (χ0n) is 9.36. The van der Waals surface area contributed by atoms with Gasteiger partial charge in [0.25, 0.3) is 0 Å². The van der Waals surface area contributed by atoms with E-state index in [1.807, 2.05) is 17.1 Å². The summed E-state index contributed by atoms with van der Waals surface area (Å²) in [5, 5.41) is 2.65. The molecule has 0 aliphatic rings. The van der Waals surface area contributed by atoms with Gasteiger partial charge in [0.05, 0.1) is 5.69 Å². The summed E-state index contributed by atoms with van der Waals surface area (Å²) < 4.78 is 0. The molecule has 2 nitrogen and oxygen atoms in total. The van der Waals surface area contributed by atoms with Crippen LogP contribution in [-0.4, -0.2) is 10.7 Å². The summed E-state index contributed by atoms with van der Waals surface area (Å²) in [6.07, 6.45) is 0. The zero-order valence-corrected chi connectivity index (χ0v) is 11.0. The molecule has 0 aliphatic heterocycles. The van der Waals surface area contributed by atoms with Crippen molar-refractivity contribution in [2.75, 3.05) is 11.5 Å². The van der Waals surface area contributed by atoms with Gasteiger partial charge in [-0.1, -0.05) is 18.6 Å². The van der Waals surface area contributed by atoms with Gasteiger partial charge in [0.15, 0.2) is 5.13 Å². The van der Waals surface area contributed by atoms with Crippen molar-refractivity contribution in [1.29, 1.82) is 0 Å². The van der Waals surface area contributed by atoms with Crippen molar-refractivity contribution >= 4 is 28.2 Å². The minimum absolute atomic E-state index is 0.629. The number of thiazole rings is 1. The first-order chi connectivity index (χ1) is 7.70. The third-order valence-electron chi connectivity index (χ3n) is 2.23. The third kappa shape index (κ3) is 2.39. The molecule has 1 aromatic carbocycles. The number of hydrogen-bond acceptors (Lipinski definition) is 4. The normalized spacial score (nSPS) is 10.6. The van der Waals surface area contributed by atoms with Crippen LogP contribution < -0.4 is 5.73 Å². The van der Waals surface area contributed by atoms with Crippen LogP contribution in [0.15, 0.2) is 28.5 Å². The number of thioether (sulfide) groups is 1. The van der Waals surface area contributed by atoms with Crippen LogP contribution in [0.3, 0.4) is 0 Å². The van der Waals surface area contributed by atoms with E-state index >= 15 is 0 Å². The Morgan fingerprint density at radius 1 is 1.44 bits per heavy atom. The standard InChI is InChI=1S/C12H14N2S2/c1-3-15-11-5-4-8(2)6-9(11)10-7-16-12(13)14-10/h4-7H,3H2,1-2H3,(H2,13,14). The average Bonchev–Trinajstić information content (AvgIpc) is 2.68. The lowest BCUT2D eigenvalue weighted by Crippen LogP contribution is -1.87. The summed E-state index contributed by atoms with van der Waals surface area (Å²) in [5.74, 6) is 1.07. The quantitative estimate of drug-likeness (QED) is 0.842. The molecule has 0 aliphatic carbocycles. The van der Waals surface area contributed by atoms with Gasteiger partial charge in [0, 0.05) is 15.8 Å². The molecule has 0 amide bonds. The minimum atomic E-state index is 0.629. The lowest BCUT2D eigenvalue weighted by molar-refractivity contribution is 1.32. The highest BCUT2D eigenvalue weighted by molar-refractivity contribution is 7.99. The molecule has 0 saturated heterocycles. The first-order valence-electron chi connectivity index (χ1n) is 5.15. The van der Waals surface area contributed by atoms with E-state index in [-0.39, 0.29) is 0 Å². The molecular formula is C12H14N2S2. The van der Waals surface area contributed by atoms with Gasteiger partial charge in [0.1, 0.15) is 0 Å². The molecule has 2 aromatic rings. The molecule has 0 radical (unpaired) electrons. The maximum Gasteiger partial charge on any atom is 0.180 e. The fourth-order valence-corrected chi connectivity index (χ4v) is 2.89. The third-order valence-corrected chi connectivity index (χ3v) is 3.86. The van der Waals surface area contributed by atoms with E-state index in [2.05, 4.69) is 37.0 Å². The molecular weight excluding hydrogens is 236 g/mol. The molecule has 0 fully saturated rings. The second kappa shape index (κ2) is 4.89. The van der Waals surface area contributed by atoms with Gasteiger partial charge >= 0.3 is 0 Å². The van der Waals surface area contributed by atoms with Gasteiger partial charge in [0.2, 0.25) is 0 Å². The molecule has 0 saturated carbocycles. The van der Waals surface area contributed by atoms with E-state index in [9.17, 15) is 0 Å². The summed E-state index contributed by atoms with van der Waals surface area (Å²) in [5.41, 5.74) is 9.11. The van der Waals surface area contributed by atoms with Gasteiger partial charge in [-0.25, -0.2) is 4.98 Å². The highest BCUT2D eigenvalue weighted by Gasteiger charge is 2.08. The van der Waals surface area contributed by atoms with Crippen LogP contribution >= 0.6 is 23.1 Å². The van der Waals surface area contributed by atoms with Crippen molar-refractivity contribution < 1.29 is 0 Å². The van der Waals surface area contributed by atoms with Crippen molar-refractivity contribution in [3.8, 4) is 11.3 Å². The van der Waals surface area contributed by atoms with Crippen molar-refractivity contribution in [1.82, 2.24) is 4.98 Å². The Balaban J connectivity index is 2.48. The van der Waals surface area contributed by atoms with E-state index < -0.39 is 0 Å². The molecule has 1 heterocycles. The largest absolute Gasteiger partial charge is 0.375 e. The van der Waals surface area contributed by atoms with Crippen LogP contribution in [0.25, 0.3) is 11.3 Å². The molecule has 0 spiro atoms. The molecule has 1 aromatic heterocycles. The number of aryl methyl sites for hydroxylation is 1. The number of hydrogen-bond donors (Lipinski definition) is 1. The van der Waals surface area contributed by atoms with Crippen LogP contribution in [0.4, 0.5) is 5.13 Å². The van der Waals surface area contributed by atoms with Crippen LogP contribution in [0.1, 0.15) is 12.5 Å². The second-order valence-corrected chi connectivity index (χ2v) is 5.70. The average molecular weight is 250 g/mol. The summed E-state index contributed by atoms with van der Waals surface area (Å²) in [6, 6.07) is 6.47. The summed E-state index contributed by atoms with van der Waals surface area (Å²) >= 11 is 3.33. The molecule has 84 valence electrons. The van der Waals surface area contributed by atoms with Crippen LogP contribution in [0.5, 0.6) is 0 Å². The minimum Gasteiger partial charge on any atom is -0.375 e. The molecule has 4 heteroatoms. The van der Waals surface area contributed by atoms with E-state index in [1.165, 1.54) is 27.4 Å². The number of anilines is 1. The highest BCUT2D eigenvalue weighted by Crippen LogP contribution is 2.33. The molecule has 16 heavy (non-hydrogen) atoms. The van der Waals surface area contributed by atoms with Crippen molar-refractivity contribution in [2.45, 2.75) is 18.7 Å². The Morgan fingerprint density at radius 3 is 2.88 bits per heavy atom. The fraction of sp³-hybridized carbons (Fsp3) is 0.250. The highest BCUT2D eigenvalue weighted by atomic mass is 32.2. The molecule has 2 N–H and O–H groups in total. The second-order valence-electron chi connectivity index (χ2n) is 3.50. The van der Waals surface area contributed by atoms with E-state index in [4.69, 9.17) is 5.73 Å². The van der Waals surface area contributed by atoms with Gasteiger partial charge in [-0.2, -0.15) is 0 Å². The van der Waals surface area contributed by atoms with E-state index in [0.29, 0.717) is 5.13 Å². The predicted molar refractivity (Wildman–Crippen MR) is 73.1 cm³/mol. The Morgan fingerprint density at radius 2 is 2.25 bits per heavy atom. The smallest absolute Gasteiger partial charge is 0.180 e. The molecule has 2 rings (SSSR count). The lowest BCUT2D eigenvalue weighted by Gasteiger charge is -2.07. The molecule has 0 bridgehead atoms. The number of rotatable bonds is 3. The maximum atomic E-state index is 5.68.